The van der Waals surface area contributed by atoms with Crippen LogP contribution in [-0.4, -0.2) is 25.0 Å². The predicted octanol–water partition coefficient (Wildman–Crippen LogP) is 3.27. The predicted molar refractivity (Wildman–Crippen MR) is 94.9 cm³/mol. The number of benzene rings is 2. The zero-order chi connectivity index (χ0) is 20.7. The van der Waals surface area contributed by atoms with Crippen molar-refractivity contribution in [3.05, 3.63) is 58.6 Å². The number of amides is 2. The standard InChI is InChI=1S/C18H16ClF3N2O4/c1-11-7-14(5-6-15(11)19)28-10-17(26)24-23-16(25)9-27-13-4-2-3-12(8-13)18(20,21)22/h2-8H,9-10H2,1H3,(H,23,25)(H,24,26). The Balaban J connectivity index is 1.73. The molecule has 0 heterocycles. The summed E-state index contributed by atoms with van der Waals surface area (Å²) in [6, 6.07) is 8.96. The van der Waals surface area contributed by atoms with Crippen molar-refractivity contribution in [2.24, 2.45) is 0 Å². The number of aryl methyl sites for hydroxylation is 1. The fourth-order valence-electron chi connectivity index (χ4n) is 1.98. The zero-order valence-corrected chi connectivity index (χ0v) is 15.4. The van der Waals surface area contributed by atoms with Crippen molar-refractivity contribution in [3.8, 4) is 11.5 Å². The molecule has 2 rings (SSSR count). The number of hydrogen-bond acceptors (Lipinski definition) is 4. The number of nitrogens with one attached hydrogen (secondary N) is 2. The lowest BCUT2D eigenvalue weighted by Crippen LogP contribution is -2.45. The first-order chi connectivity index (χ1) is 13.1. The van der Waals surface area contributed by atoms with Gasteiger partial charge in [-0.25, -0.2) is 0 Å². The summed E-state index contributed by atoms with van der Waals surface area (Å²) in [7, 11) is 0. The van der Waals surface area contributed by atoms with Crippen LogP contribution in [-0.2, 0) is 15.8 Å². The third-order valence-electron chi connectivity index (χ3n) is 3.37. The highest BCUT2D eigenvalue weighted by atomic mass is 35.5. The van der Waals surface area contributed by atoms with E-state index in [9.17, 15) is 22.8 Å². The summed E-state index contributed by atoms with van der Waals surface area (Å²) in [5.41, 5.74) is 4.05. The Labute approximate surface area is 163 Å². The third-order valence-corrected chi connectivity index (χ3v) is 3.80. The summed E-state index contributed by atoms with van der Waals surface area (Å²) in [6.07, 6.45) is -4.52. The zero-order valence-electron chi connectivity index (χ0n) is 14.6. The molecule has 0 fully saturated rings. The van der Waals surface area contributed by atoms with E-state index < -0.39 is 30.2 Å². The molecule has 0 saturated heterocycles. The number of alkyl halides is 3. The molecule has 150 valence electrons. The fraction of sp³-hybridized carbons (Fsp3) is 0.222. The molecule has 0 spiro atoms. The summed E-state index contributed by atoms with van der Waals surface area (Å²) in [6.45, 7) is 0.828. The van der Waals surface area contributed by atoms with Crippen molar-refractivity contribution in [2.75, 3.05) is 13.2 Å². The molecule has 0 radical (unpaired) electrons. The number of carbonyl (C=O) groups excluding carboxylic acids is 2. The van der Waals surface area contributed by atoms with Crippen LogP contribution < -0.4 is 20.3 Å². The molecule has 10 heteroatoms. The first-order valence-corrected chi connectivity index (χ1v) is 8.29. The summed E-state index contributed by atoms with van der Waals surface area (Å²) in [4.78, 5) is 23.3. The third kappa shape index (κ3) is 6.66. The number of halogens is 4. The second-order valence-corrected chi connectivity index (χ2v) is 6.02. The van der Waals surface area contributed by atoms with Crippen molar-refractivity contribution >= 4 is 23.4 Å². The van der Waals surface area contributed by atoms with Gasteiger partial charge < -0.3 is 9.47 Å². The highest BCUT2D eigenvalue weighted by Crippen LogP contribution is 2.31. The lowest BCUT2D eigenvalue weighted by Gasteiger charge is -2.11. The molecule has 0 atom stereocenters. The summed E-state index contributed by atoms with van der Waals surface area (Å²) >= 11 is 5.88. The maximum absolute atomic E-state index is 12.6. The maximum atomic E-state index is 12.6. The average molecular weight is 417 g/mol. The molecular weight excluding hydrogens is 401 g/mol. The van der Waals surface area contributed by atoms with Crippen molar-refractivity contribution in [3.63, 3.8) is 0 Å². The van der Waals surface area contributed by atoms with E-state index in [1.165, 1.54) is 6.07 Å². The largest absolute Gasteiger partial charge is 0.484 e. The van der Waals surface area contributed by atoms with Gasteiger partial charge in [-0.1, -0.05) is 17.7 Å². The normalized spacial score (nSPS) is 10.9. The Bertz CT molecular complexity index is 859. The van der Waals surface area contributed by atoms with Crippen molar-refractivity contribution in [1.29, 1.82) is 0 Å². The average Bonchev–Trinajstić information content (AvgIpc) is 2.65. The SMILES string of the molecule is Cc1cc(OCC(=O)NNC(=O)COc2cccc(C(F)(F)F)c2)ccc1Cl. The topological polar surface area (TPSA) is 76.7 Å². The molecular formula is C18H16ClF3N2O4. The second kappa shape index (κ2) is 9.32. The molecule has 0 aromatic heterocycles. The van der Waals surface area contributed by atoms with E-state index in [2.05, 4.69) is 10.9 Å². The van der Waals surface area contributed by atoms with Crippen LogP contribution in [0.1, 0.15) is 11.1 Å². The van der Waals surface area contributed by atoms with Gasteiger partial charge in [-0.05, 0) is 48.9 Å². The van der Waals surface area contributed by atoms with Gasteiger partial charge in [-0.2, -0.15) is 13.2 Å². The van der Waals surface area contributed by atoms with Crippen molar-refractivity contribution in [2.45, 2.75) is 13.1 Å². The van der Waals surface area contributed by atoms with Crippen molar-refractivity contribution in [1.82, 2.24) is 10.9 Å². The van der Waals surface area contributed by atoms with Gasteiger partial charge in [0, 0.05) is 5.02 Å². The minimum atomic E-state index is -4.52. The van der Waals surface area contributed by atoms with Gasteiger partial charge in [-0.15, -0.1) is 0 Å². The summed E-state index contributed by atoms with van der Waals surface area (Å²) in [5, 5.41) is 0.560. The quantitative estimate of drug-likeness (QED) is 0.709. The van der Waals surface area contributed by atoms with E-state index in [1.54, 1.807) is 25.1 Å². The molecule has 2 aromatic rings. The molecule has 2 N–H and O–H groups in total. The lowest BCUT2D eigenvalue weighted by molar-refractivity contribution is -0.137. The Kier molecular flexibility index (Phi) is 7.11. The molecule has 28 heavy (non-hydrogen) atoms. The Morgan fingerprint density at radius 3 is 2.07 bits per heavy atom. The summed E-state index contributed by atoms with van der Waals surface area (Å²) < 4.78 is 48.1. The smallest absolute Gasteiger partial charge is 0.416 e. The molecule has 0 saturated carbocycles. The van der Waals surface area contributed by atoms with Gasteiger partial charge in [0.15, 0.2) is 13.2 Å². The van der Waals surface area contributed by atoms with Crippen LogP contribution in [0.15, 0.2) is 42.5 Å². The number of carbonyl (C=O) groups is 2. The first-order valence-electron chi connectivity index (χ1n) is 7.92. The van der Waals surface area contributed by atoms with Crippen LogP contribution in [0.2, 0.25) is 5.02 Å². The number of rotatable bonds is 6. The van der Waals surface area contributed by atoms with Gasteiger partial charge in [0.1, 0.15) is 11.5 Å². The molecule has 0 aliphatic heterocycles. The highest BCUT2D eigenvalue weighted by Gasteiger charge is 2.30. The molecule has 2 aromatic carbocycles. The van der Waals surface area contributed by atoms with Gasteiger partial charge in [-0.3, -0.25) is 20.4 Å². The molecule has 6 nitrogen and oxygen atoms in total. The second-order valence-electron chi connectivity index (χ2n) is 5.61. The fourth-order valence-corrected chi connectivity index (χ4v) is 2.10. The molecule has 0 aliphatic carbocycles. The van der Waals surface area contributed by atoms with E-state index in [0.717, 1.165) is 23.8 Å². The lowest BCUT2D eigenvalue weighted by atomic mass is 10.2. The minimum Gasteiger partial charge on any atom is -0.484 e. The summed E-state index contributed by atoms with van der Waals surface area (Å²) in [5.74, 6) is -1.10. The van der Waals surface area contributed by atoms with E-state index >= 15 is 0 Å². The number of ether oxygens (including phenoxy) is 2. The van der Waals surface area contributed by atoms with Gasteiger partial charge >= 0.3 is 6.18 Å². The van der Waals surface area contributed by atoms with E-state index in [4.69, 9.17) is 21.1 Å². The highest BCUT2D eigenvalue weighted by molar-refractivity contribution is 6.31. The Morgan fingerprint density at radius 2 is 1.54 bits per heavy atom. The van der Waals surface area contributed by atoms with Gasteiger partial charge in [0.2, 0.25) is 0 Å². The molecule has 0 bridgehead atoms. The van der Waals surface area contributed by atoms with Crippen LogP contribution in [0.4, 0.5) is 13.2 Å². The molecule has 0 aliphatic rings. The van der Waals surface area contributed by atoms with Crippen LogP contribution in [0, 0.1) is 6.92 Å². The monoisotopic (exact) mass is 416 g/mol. The minimum absolute atomic E-state index is 0.127. The van der Waals surface area contributed by atoms with Crippen LogP contribution >= 0.6 is 11.6 Å². The van der Waals surface area contributed by atoms with E-state index in [1.807, 2.05) is 0 Å². The van der Waals surface area contributed by atoms with Crippen LogP contribution in [0.5, 0.6) is 11.5 Å². The van der Waals surface area contributed by atoms with Crippen molar-refractivity contribution < 1.29 is 32.2 Å². The first kappa shape index (κ1) is 21.4. The van der Waals surface area contributed by atoms with Gasteiger partial charge in [0.05, 0.1) is 5.56 Å². The maximum Gasteiger partial charge on any atom is 0.416 e. The Hall–Kier alpha value is -2.94. The molecule has 0 unspecified atom stereocenters. The Morgan fingerprint density at radius 1 is 0.964 bits per heavy atom. The van der Waals surface area contributed by atoms with Crippen LogP contribution in [0.25, 0.3) is 0 Å². The van der Waals surface area contributed by atoms with E-state index in [0.29, 0.717) is 10.8 Å². The van der Waals surface area contributed by atoms with Crippen LogP contribution in [0.3, 0.4) is 0 Å². The number of hydrazine groups is 1. The molecule has 2 amide bonds. The number of hydrogen-bond donors (Lipinski definition) is 2. The van der Waals surface area contributed by atoms with E-state index in [-0.39, 0.29) is 12.4 Å². The van der Waals surface area contributed by atoms with Gasteiger partial charge in [0.25, 0.3) is 11.8 Å².